The monoisotopic (exact) mass is 419 g/mol. The van der Waals surface area contributed by atoms with E-state index in [9.17, 15) is 17.6 Å². The Balaban J connectivity index is 1.63. The number of hydrogen-bond donors (Lipinski definition) is 1. The Morgan fingerprint density at radius 3 is 2.38 bits per heavy atom. The number of amides is 1. The van der Waals surface area contributed by atoms with Crippen LogP contribution in [0.2, 0.25) is 0 Å². The van der Waals surface area contributed by atoms with Gasteiger partial charge < -0.3 is 5.32 Å². The molecule has 3 rings (SSSR count). The van der Waals surface area contributed by atoms with Gasteiger partial charge in [0.25, 0.3) is 0 Å². The summed E-state index contributed by atoms with van der Waals surface area (Å²) >= 11 is 0. The number of nitrogens with one attached hydrogen (secondary N) is 1. The lowest BCUT2D eigenvalue weighted by Crippen LogP contribution is -2.54. The van der Waals surface area contributed by atoms with E-state index >= 15 is 0 Å². The fourth-order valence-electron chi connectivity index (χ4n) is 3.40. The van der Waals surface area contributed by atoms with E-state index in [4.69, 9.17) is 0 Å². The zero-order chi connectivity index (χ0) is 21.2. The molecule has 1 amide bonds. The molecule has 0 radical (unpaired) electrons. The lowest BCUT2D eigenvalue weighted by atomic mass is 10.1. The topological polar surface area (TPSA) is 69.7 Å². The average Bonchev–Trinajstić information content (AvgIpc) is 2.70. The molecule has 0 spiro atoms. The van der Waals surface area contributed by atoms with E-state index < -0.39 is 21.9 Å². The van der Waals surface area contributed by atoms with Gasteiger partial charge in [0.05, 0.1) is 6.04 Å². The number of nitrogens with zero attached hydrogens (tertiary/aromatic N) is 2. The van der Waals surface area contributed by atoms with Gasteiger partial charge in [0.1, 0.15) is 10.7 Å². The zero-order valence-corrected chi connectivity index (χ0v) is 17.7. The van der Waals surface area contributed by atoms with Crippen molar-refractivity contribution in [2.75, 3.05) is 31.5 Å². The number of carbonyl (C=O) groups is 1. The zero-order valence-electron chi connectivity index (χ0n) is 16.9. The summed E-state index contributed by atoms with van der Waals surface area (Å²) < 4.78 is 40.7. The summed E-state index contributed by atoms with van der Waals surface area (Å²) in [6, 6.07) is 10.9. The second-order valence-corrected chi connectivity index (χ2v) is 9.26. The third-order valence-corrected chi connectivity index (χ3v) is 7.24. The van der Waals surface area contributed by atoms with Crippen LogP contribution in [0, 0.1) is 19.7 Å². The molecule has 29 heavy (non-hydrogen) atoms. The quantitative estimate of drug-likeness (QED) is 0.809. The average molecular weight is 420 g/mol. The van der Waals surface area contributed by atoms with E-state index in [1.54, 1.807) is 0 Å². The molecule has 0 aliphatic carbocycles. The number of carbonyl (C=O) groups excluding carboxylic acids is 1. The van der Waals surface area contributed by atoms with Gasteiger partial charge >= 0.3 is 0 Å². The van der Waals surface area contributed by atoms with Crippen LogP contribution in [-0.4, -0.2) is 55.8 Å². The number of hydrogen-bond acceptors (Lipinski definition) is 4. The first kappa shape index (κ1) is 21.4. The van der Waals surface area contributed by atoms with Crippen molar-refractivity contribution in [1.29, 1.82) is 0 Å². The normalized spacial score (nSPS) is 17.1. The van der Waals surface area contributed by atoms with E-state index in [0.717, 1.165) is 22.9 Å². The maximum atomic E-state index is 13.9. The molecule has 0 aromatic heterocycles. The molecule has 1 fully saturated rings. The van der Waals surface area contributed by atoms with Gasteiger partial charge in [-0.1, -0.05) is 24.3 Å². The van der Waals surface area contributed by atoms with E-state index in [1.807, 2.05) is 43.9 Å². The largest absolute Gasteiger partial charge is 0.324 e. The first-order valence-electron chi connectivity index (χ1n) is 9.57. The van der Waals surface area contributed by atoms with E-state index in [1.165, 1.54) is 22.5 Å². The number of halogens is 1. The summed E-state index contributed by atoms with van der Waals surface area (Å²) in [6.45, 7) is 6.92. The van der Waals surface area contributed by atoms with Crippen LogP contribution in [-0.2, 0) is 14.8 Å². The van der Waals surface area contributed by atoms with Crippen LogP contribution in [0.5, 0.6) is 0 Å². The van der Waals surface area contributed by atoms with Gasteiger partial charge in [-0.15, -0.1) is 0 Å². The predicted octanol–water partition coefficient (Wildman–Crippen LogP) is 2.78. The summed E-state index contributed by atoms with van der Waals surface area (Å²) in [7, 11) is -3.89. The smallest absolute Gasteiger partial charge is 0.246 e. The van der Waals surface area contributed by atoms with Crippen LogP contribution in [0.15, 0.2) is 47.4 Å². The molecular formula is C21H26FN3O3S. The highest BCUT2D eigenvalue weighted by molar-refractivity contribution is 7.89. The lowest BCUT2D eigenvalue weighted by Gasteiger charge is -2.36. The molecule has 1 unspecified atom stereocenters. The highest BCUT2D eigenvalue weighted by atomic mass is 32.2. The van der Waals surface area contributed by atoms with Crippen LogP contribution in [0.1, 0.15) is 18.1 Å². The molecule has 0 bridgehead atoms. The first-order valence-corrected chi connectivity index (χ1v) is 11.0. The van der Waals surface area contributed by atoms with Crippen molar-refractivity contribution in [3.05, 3.63) is 59.4 Å². The van der Waals surface area contributed by atoms with Gasteiger partial charge in [0.15, 0.2) is 0 Å². The molecule has 1 saturated heterocycles. The molecule has 8 heteroatoms. The van der Waals surface area contributed by atoms with Gasteiger partial charge in [-0.25, -0.2) is 12.8 Å². The minimum atomic E-state index is -3.89. The highest BCUT2D eigenvalue weighted by Crippen LogP contribution is 2.22. The van der Waals surface area contributed by atoms with Crippen molar-refractivity contribution >= 4 is 21.6 Å². The molecule has 1 N–H and O–H groups in total. The molecule has 1 aliphatic rings. The number of anilines is 1. The highest BCUT2D eigenvalue weighted by Gasteiger charge is 2.33. The summed E-state index contributed by atoms with van der Waals surface area (Å²) in [6.07, 6.45) is 0. The van der Waals surface area contributed by atoms with Crippen molar-refractivity contribution in [2.45, 2.75) is 31.7 Å². The van der Waals surface area contributed by atoms with Gasteiger partial charge in [-0.2, -0.15) is 4.31 Å². The SMILES string of the molecule is Cc1ccc(C)c(NC(=O)C(C)N2CCN(S(=O)(=O)c3ccccc3F)CC2)c1. The number of aryl methyl sites for hydroxylation is 2. The number of piperazine rings is 1. The Morgan fingerprint density at radius 2 is 1.72 bits per heavy atom. The molecule has 156 valence electrons. The van der Waals surface area contributed by atoms with E-state index in [-0.39, 0.29) is 23.9 Å². The summed E-state index contributed by atoms with van der Waals surface area (Å²) in [5, 5.41) is 2.96. The van der Waals surface area contributed by atoms with E-state index in [2.05, 4.69) is 5.32 Å². The standard InChI is InChI=1S/C21H26FN3O3S/c1-15-8-9-16(2)19(14-15)23-21(26)17(3)24-10-12-25(13-11-24)29(27,28)20-7-5-4-6-18(20)22/h4-9,14,17H,10-13H2,1-3H3,(H,23,26). The van der Waals surface area contributed by atoms with Crippen LogP contribution < -0.4 is 5.32 Å². The maximum Gasteiger partial charge on any atom is 0.246 e. The Bertz CT molecular complexity index is 1000. The molecule has 1 atom stereocenters. The van der Waals surface area contributed by atoms with Crippen molar-refractivity contribution in [3.8, 4) is 0 Å². The number of sulfonamides is 1. The van der Waals surface area contributed by atoms with Gasteiger partial charge in [-0.05, 0) is 50.1 Å². The molecule has 6 nitrogen and oxygen atoms in total. The van der Waals surface area contributed by atoms with Crippen molar-refractivity contribution in [3.63, 3.8) is 0 Å². The molecule has 2 aromatic rings. The second kappa shape index (κ2) is 8.61. The Morgan fingerprint density at radius 1 is 1.07 bits per heavy atom. The predicted molar refractivity (Wildman–Crippen MR) is 111 cm³/mol. The van der Waals surface area contributed by atoms with Gasteiger partial charge in [-0.3, -0.25) is 9.69 Å². The molecule has 0 saturated carbocycles. The van der Waals surface area contributed by atoms with Crippen LogP contribution >= 0.6 is 0 Å². The lowest BCUT2D eigenvalue weighted by molar-refractivity contribution is -0.121. The Kier molecular flexibility index (Phi) is 6.36. The minimum Gasteiger partial charge on any atom is -0.324 e. The summed E-state index contributed by atoms with van der Waals surface area (Å²) in [5.74, 6) is -0.889. The van der Waals surface area contributed by atoms with Crippen molar-refractivity contribution < 1.29 is 17.6 Å². The summed E-state index contributed by atoms with van der Waals surface area (Å²) in [5.41, 5.74) is 2.82. The maximum absolute atomic E-state index is 13.9. The number of benzene rings is 2. The van der Waals surface area contributed by atoms with Crippen LogP contribution in [0.4, 0.5) is 10.1 Å². The molecule has 1 aliphatic heterocycles. The molecule has 2 aromatic carbocycles. The Hall–Kier alpha value is -2.29. The fourth-order valence-corrected chi connectivity index (χ4v) is 4.88. The second-order valence-electron chi connectivity index (χ2n) is 7.35. The van der Waals surface area contributed by atoms with Crippen molar-refractivity contribution in [2.24, 2.45) is 0 Å². The Labute approximate surface area is 171 Å². The number of rotatable bonds is 5. The fraction of sp³-hybridized carbons (Fsp3) is 0.381. The van der Waals surface area contributed by atoms with Gasteiger partial charge in [0.2, 0.25) is 15.9 Å². The first-order chi connectivity index (χ1) is 13.7. The molecule has 1 heterocycles. The van der Waals surface area contributed by atoms with Crippen molar-refractivity contribution in [1.82, 2.24) is 9.21 Å². The third kappa shape index (κ3) is 4.66. The third-order valence-electron chi connectivity index (χ3n) is 5.31. The van der Waals surface area contributed by atoms with Crippen LogP contribution in [0.3, 0.4) is 0 Å². The minimum absolute atomic E-state index is 0.135. The van der Waals surface area contributed by atoms with E-state index in [0.29, 0.717) is 13.1 Å². The van der Waals surface area contributed by atoms with Gasteiger partial charge in [0, 0.05) is 31.9 Å². The van der Waals surface area contributed by atoms with Crippen LogP contribution in [0.25, 0.3) is 0 Å². The molecular weight excluding hydrogens is 393 g/mol. The summed E-state index contributed by atoms with van der Waals surface area (Å²) in [4.78, 5) is 14.3.